The van der Waals surface area contributed by atoms with Gasteiger partial charge in [-0.3, -0.25) is 10.6 Å². The molecule has 1 unspecified atom stereocenters. The van der Waals surface area contributed by atoms with Gasteiger partial charge in [-0.1, -0.05) is 6.07 Å². The SMILES string of the molecule is NNc1c(F)cccc1C(=O)N1CCCCC1CCO. The summed E-state index contributed by atoms with van der Waals surface area (Å²) in [6, 6.07) is 4.32. The number of hydrogen-bond acceptors (Lipinski definition) is 4. The van der Waals surface area contributed by atoms with Gasteiger partial charge in [0.05, 0.1) is 11.3 Å². The molecule has 5 nitrogen and oxygen atoms in total. The highest BCUT2D eigenvalue weighted by molar-refractivity contribution is 5.99. The second-order valence-electron chi connectivity index (χ2n) is 4.97. The van der Waals surface area contributed by atoms with E-state index in [-0.39, 0.29) is 29.8 Å². The largest absolute Gasteiger partial charge is 0.396 e. The molecule has 0 spiro atoms. The second-order valence-corrected chi connectivity index (χ2v) is 4.97. The number of aliphatic hydroxyl groups is 1. The van der Waals surface area contributed by atoms with Gasteiger partial charge in [0.25, 0.3) is 5.91 Å². The number of piperidine rings is 1. The van der Waals surface area contributed by atoms with Crippen molar-refractivity contribution in [1.29, 1.82) is 0 Å². The number of amides is 1. The summed E-state index contributed by atoms with van der Waals surface area (Å²) in [6.45, 7) is 0.670. The zero-order valence-corrected chi connectivity index (χ0v) is 11.3. The van der Waals surface area contributed by atoms with E-state index in [1.807, 2.05) is 0 Å². The number of likely N-dealkylation sites (tertiary alicyclic amines) is 1. The first-order valence-electron chi connectivity index (χ1n) is 6.86. The molecule has 0 saturated carbocycles. The Morgan fingerprint density at radius 2 is 2.30 bits per heavy atom. The van der Waals surface area contributed by atoms with E-state index in [1.165, 1.54) is 12.1 Å². The standard InChI is InChI=1S/C14H20FN3O2/c15-12-6-3-5-11(13(12)17-16)14(20)18-8-2-1-4-10(18)7-9-19/h3,5-6,10,17,19H,1-2,4,7-9,16H2. The number of carbonyl (C=O) groups excluding carboxylic acids is 1. The number of para-hydroxylation sites is 1. The third kappa shape index (κ3) is 2.91. The number of nitrogens with one attached hydrogen (secondary N) is 1. The lowest BCUT2D eigenvalue weighted by Crippen LogP contribution is -2.44. The van der Waals surface area contributed by atoms with Crippen molar-refractivity contribution in [2.75, 3.05) is 18.6 Å². The number of halogens is 1. The lowest BCUT2D eigenvalue weighted by molar-refractivity contribution is 0.0575. The Labute approximate surface area is 117 Å². The molecule has 0 radical (unpaired) electrons. The van der Waals surface area contributed by atoms with E-state index >= 15 is 0 Å². The van der Waals surface area contributed by atoms with Crippen molar-refractivity contribution < 1.29 is 14.3 Å². The van der Waals surface area contributed by atoms with Crippen LogP contribution in [0.5, 0.6) is 0 Å². The van der Waals surface area contributed by atoms with E-state index in [2.05, 4.69) is 5.43 Å². The van der Waals surface area contributed by atoms with Crippen LogP contribution in [-0.2, 0) is 0 Å². The van der Waals surface area contributed by atoms with Crippen LogP contribution in [-0.4, -0.2) is 35.1 Å². The molecule has 0 aromatic heterocycles. The van der Waals surface area contributed by atoms with Gasteiger partial charge in [0.15, 0.2) is 0 Å². The molecule has 6 heteroatoms. The molecule has 1 atom stereocenters. The third-order valence-corrected chi connectivity index (χ3v) is 3.74. The molecule has 2 rings (SSSR count). The van der Waals surface area contributed by atoms with Gasteiger partial charge in [-0.15, -0.1) is 0 Å². The van der Waals surface area contributed by atoms with Crippen LogP contribution in [0.15, 0.2) is 18.2 Å². The molecule has 20 heavy (non-hydrogen) atoms. The maximum Gasteiger partial charge on any atom is 0.256 e. The summed E-state index contributed by atoms with van der Waals surface area (Å²) in [6.07, 6.45) is 3.38. The summed E-state index contributed by atoms with van der Waals surface area (Å²) in [5, 5.41) is 9.10. The van der Waals surface area contributed by atoms with E-state index in [9.17, 15) is 9.18 Å². The van der Waals surface area contributed by atoms with Gasteiger partial charge in [-0.25, -0.2) is 4.39 Å². The molecule has 0 bridgehead atoms. The molecular formula is C14H20FN3O2. The summed E-state index contributed by atoms with van der Waals surface area (Å²) >= 11 is 0. The smallest absolute Gasteiger partial charge is 0.256 e. The zero-order valence-electron chi connectivity index (χ0n) is 11.3. The fraction of sp³-hybridized carbons (Fsp3) is 0.500. The maximum absolute atomic E-state index is 13.7. The van der Waals surface area contributed by atoms with Gasteiger partial charge in [0, 0.05) is 19.2 Å². The van der Waals surface area contributed by atoms with E-state index in [0.717, 1.165) is 19.3 Å². The van der Waals surface area contributed by atoms with Crippen molar-refractivity contribution in [2.45, 2.75) is 31.7 Å². The number of anilines is 1. The highest BCUT2D eigenvalue weighted by Crippen LogP contribution is 2.26. The predicted molar refractivity (Wildman–Crippen MR) is 74.6 cm³/mol. The normalized spacial score (nSPS) is 18.9. The zero-order chi connectivity index (χ0) is 14.5. The molecule has 1 heterocycles. The van der Waals surface area contributed by atoms with Crippen molar-refractivity contribution in [3.05, 3.63) is 29.6 Å². The summed E-state index contributed by atoms with van der Waals surface area (Å²) in [5.74, 6) is 4.52. The summed E-state index contributed by atoms with van der Waals surface area (Å²) in [7, 11) is 0. The van der Waals surface area contributed by atoms with Crippen molar-refractivity contribution in [3.8, 4) is 0 Å². The molecule has 1 aliphatic rings. The molecule has 1 saturated heterocycles. The van der Waals surface area contributed by atoms with Gasteiger partial charge in [0.1, 0.15) is 5.82 Å². The minimum absolute atomic E-state index is 0.00939. The number of hydrazine groups is 1. The average molecular weight is 281 g/mol. The summed E-state index contributed by atoms with van der Waals surface area (Å²) in [5.41, 5.74) is 2.51. The van der Waals surface area contributed by atoms with Gasteiger partial charge < -0.3 is 15.4 Å². The Balaban J connectivity index is 2.27. The fourth-order valence-electron chi connectivity index (χ4n) is 2.72. The quantitative estimate of drug-likeness (QED) is 0.577. The number of nitrogens with zero attached hydrogens (tertiary/aromatic N) is 1. The second kappa shape index (κ2) is 6.67. The molecule has 110 valence electrons. The summed E-state index contributed by atoms with van der Waals surface area (Å²) in [4.78, 5) is 14.3. The van der Waals surface area contributed by atoms with Gasteiger partial charge in [0.2, 0.25) is 0 Å². The van der Waals surface area contributed by atoms with Gasteiger partial charge >= 0.3 is 0 Å². The molecule has 1 aromatic rings. The van der Waals surface area contributed by atoms with Gasteiger partial charge in [-0.2, -0.15) is 0 Å². The highest BCUT2D eigenvalue weighted by atomic mass is 19.1. The number of carbonyl (C=O) groups is 1. The molecule has 1 amide bonds. The Morgan fingerprint density at radius 3 is 3.00 bits per heavy atom. The Kier molecular flexibility index (Phi) is 4.92. The lowest BCUT2D eigenvalue weighted by Gasteiger charge is -2.36. The minimum atomic E-state index is -0.547. The average Bonchev–Trinajstić information content (AvgIpc) is 2.47. The van der Waals surface area contributed by atoms with Crippen LogP contribution in [0, 0.1) is 5.82 Å². The third-order valence-electron chi connectivity index (χ3n) is 3.74. The van der Waals surface area contributed by atoms with Crippen LogP contribution in [0.3, 0.4) is 0 Å². The molecular weight excluding hydrogens is 261 g/mol. The number of aliphatic hydroxyl groups excluding tert-OH is 1. The first kappa shape index (κ1) is 14.7. The first-order chi connectivity index (χ1) is 9.69. The van der Waals surface area contributed by atoms with Crippen LogP contribution in [0.4, 0.5) is 10.1 Å². The van der Waals surface area contributed by atoms with Crippen LogP contribution in [0.25, 0.3) is 0 Å². The number of hydrogen-bond donors (Lipinski definition) is 3. The number of nitrogen functional groups attached to an aromatic ring is 1. The number of benzene rings is 1. The van der Waals surface area contributed by atoms with Crippen molar-refractivity contribution in [3.63, 3.8) is 0 Å². The molecule has 0 aliphatic carbocycles. The van der Waals surface area contributed by atoms with Crippen LogP contribution >= 0.6 is 0 Å². The van der Waals surface area contributed by atoms with Gasteiger partial charge in [-0.05, 0) is 37.8 Å². The molecule has 4 N–H and O–H groups in total. The Bertz CT molecular complexity index is 479. The Morgan fingerprint density at radius 1 is 1.50 bits per heavy atom. The maximum atomic E-state index is 13.7. The molecule has 1 fully saturated rings. The lowest BCUT2D eigenvalue weighted by atomic mass is 9.98. The number of nitrogens with two attached hydrogens (primary N) is 1. The summed E-state index contributed by atoms with van der Waals surface area (Å²) < 4.78 is 13.7. The van der Waals surface area contributed by atoms with Crippen molar-refractivity contribution in [1.82, 2.24) is 4.90 Å². The van der Waals surface area contributed by atoms with E-state index in [1.54, 1.807) is 11.0 Å². The molecule has 1 aliphatic heterocycles. The predicted octanol–water partition coefficient (Wildman–Crippen LogP) is 1.49. The van der Waals surface area contributed by atoms with E-state index < -0.39 is 5.82 Å². The first-order valence-corrected chi connectivity index (χ1v) is 6.86. The highest BCUT2D eigenvalue weighted by Gasteiger charge is 2.28. The van der Waals surface area contributed by atoms with Crippen molar-refractivity contribution >= 4 is 11.6 Å². The minimum Gasteiger partial charge on any atom is -0.396 e. The monoisotopic (exact) mass is 281 g/mol. The van der Waals surface area contributed by atoms with Crippen LogP contribution in [0.1, 0.15) is 36.0 Å². The van der Waals surface area contributed by atoms with Crippen LogP contribution < -0.4 is 11.3 Å². The molecule has 1 aromatic carbocycles. The number of rotatable bonds is 4. The van der Waals surface area contributed by atoms with Crippen molar-refractivity contribution in [2.24, 2.45) is 5.84 Å². The van der Waals surface area contributed by atoms with E-state index in [4.69, 9.17) is 10.9 Å². The van der Waals surface area contributed by atoms with E-state index in [0.29, 0.717) is 13.0 Å². The van der Waals surface area contributed by atoms with Crippen LogP contribution in [0.2, 0.25) is 0 Å². The topological polar surface area (TPSA) is 78.6 Å². The fourth-order valence-corrected chi connectivity index (χ4v) is 2.72. The Hall–Kier alpha value is -1.66.